The Bertz CT molecular complexity index is 788. The highest BCUT2D eigenvalue weighted by atomic mass is 14.6. The van der Waals surface area contributed by atoms with Gasteiger partial charge in [0.05, 0.1) is 11.0 Å². The molecule has 3 heterocycles. The first kappa shape index (κ1) is 16.4. The molecule has 25 heavy (non-hydrogen) atoms. The van der Waals surface area contributed by atoms with E-state index in [0.29, 0.717) is 0 Å². The number of para-hydroxylation sites is 2. The van der Waals surface area contributed by atoms with Crippen LogP contribution in [0.2, 0.25) is 0 Å². The van der Waals surface area contributed by atoms with E-state index in [0.717, 1.165) is 11.0 Å². The largest absolute Gasteiger partial charge is 0.368 e. The summed E-state index contributed by atoms with van der Waals surface area (Å²) in [5.74, 6) is 0. The molecule has 0 fully saturated rings. The fourth-order valence-corrected chi connectivity index (χ4v) is 2.31. The summed E-state index contributed by atoms with van der Waals surface area (Å²) in [6.07, 6.45) is 7.37. The van der Waals surface area contributed by atoms with Gasteiger partial charge in [-0.15, -0.1) is 0 Å². The van der Waals surface area contributed by atoms with Crippen molar-refractivity contribution < 1.29 is 0 Å². The maximum absolute atomic E-state index is 4.18. The number of hydrogen-bond acceptors (Lipinski definition) is 2. The zero-order chi connectivity index (χ0) is 17.2. The summed E-state index contributed by atoms with van der Waals surface area (Å²) in [6, 6.07) is 28.1. The molecule has 3 aromatic heterocycles. The van der Waals surface area contributed by atoms with Crippen LogP contribution in [-0.4, -0.2) is 15.0 Å². The average Bonchev–Trinajstić information content (AvgIpc) is 3.29. The van der Waals surface area contributed by atoms with Gasteiger partial charge in [0.25, 0.3) is 0 Å². The smallest absolute Gasteiger partial charge is 0.0701 e. The summed E-state index contributed by atoms with van der Waals surface area (Å²) in [6.45, 7) is 0. The van der Waals surface area contributed by atoms with Crippen LogP contribution < -0.4 is 0 Å². The van der Waals surface area contributed by atoms with E-state index in [-0.39, 0.29) is 0 Å². The maximum Gasteiger partial charge on any atom is 0.0701 e. The Morgan fingerprint density at radius 3 is 1.32 bits per heavy atom. The second-order valence-electron chi connectivity index (χ2n) is 5.28. The fourth-order valence-electron chi connectivity index (χ4n) is 2.31. The number of hydrogen-bond donors (Lipinski definition) is 1. The van der Waals surface area contributed by atoms with Gasteiger partial charge >= 0.3 is 0 Å². The minimum Gasteiger partial charge on any atom is -0.368 e. The van der Waals surface area contributed by atoms with Crippen molar-refractivity contribution in [3.63, 3.8) is 0 Å². The van der Waals surface area contributed by atoms with Crippen molar-refractivity contribution in [2.45, 2.75) is 0 Å². The summed E-state index contributed by atoms with van der Waals surface area (Å²) < 4.78 is 0. The molecule has 0 saturated carbocycles. The topological polar surface area (TPSA) is 41.6 Å². The van der Waals surface area contributed by atoms with Gasteiger partial charge in [-0.2, -0.15) is 0 Å². The molecular formula is C22H19N3. The standard InChI is InChI=1S/2C9H7N.C4H5N/c2*1-2-6-9-8(4-1)5-3-7-10-9;1-2-4-5-3-1/h2*1-7H;1-5H. The van der Waals surface area contributed by atoms with Crippen LogP contribution in [0, 0.1) is 0 Å². The van der Waals surface area contributed by atoms with Gasteiger partial charge in [0.1, 0.15) is 0 Å². The number of benzene rings is 2. The van der Waals surface area contributed by atoms with Crippen molar-refractivity contribution in [3.05, 3.63) is 110 Å². The number of aromatic amines is 1. The first-order valence-corrected chi connectivity index (χ1v) is 8.11. The third-order valence-corrected chi connectivity index (χ3v) is 3.52. The van der Waals surface area contributed by atoms with Gasteiger partial charge in [-0.05, 0) is 36.4 Å². The van der Waals surface area contributed by atoms with Gasteiger partial charge in [-0.3, -0.25) is 9.97 Å². The summed E-state index contributed by atoms with van der Waals surface area (Å²) in [5.41, 5.74) is 2.12. The summed E-state index contributed by atoms with van der Waals surface area (Å²) in [7, 11) is 0. The number of fused-ring (bicyclic) bond motifs is 2. The predicted molar refractivity (Wildman–Crippen MR) is 104 cm³/mol. The van der Waals surface area contributed by atoms with Crippen LogP contribution >= 0.6 is 0 Å². The molecule has 3 heteroatoms. The van der Waals surface area contributed by atoms with E-state index in [1.54, 1.807) is 0 Å². The minimum absolute atomic E-state index is 1.06. The number of nitrogens with one attached hydrogen (secondary N) is 1. The Kier molecular flexibility index (Phi) is 5.90. The number of rotatable bonds is 0. The van der Waals surface area contributed by atoms with Gasteiger partial charge in [0.2, 0.25) is 0 Å². The molecule has 0 aliphatic carbocycles. The fraction of sp³-hybridized carbons (Fsp3) is 0. The Labute approximate surface area is 147 Å². The van der Waals surface area contributed by atoms with Gasteiger partial charge in [-0.25, -0.2) is 0 Å². The SMILES string of the molecule is c1cc[nH]c1.c1ccc2ncccc2c1.c1ccc2ncccc2c1. The monoisotopic (exact) mass is 325 g/mol. The lowest BCUT2D eigenvalue weighted by molar-refractivity contribution is 1.41. The third kappa shape index (κ3) is 5.01. The molecule has 1 N–H and O–H groups in total. The van der Waals surface area contributed by atoms with Crippen molar-refractivity contribution in [1.82, 2.24) is 15.0 Å². The van der Waals surface area contributed by atoms with Crippen molar-refractivity contribution in [2.24, 2.45) is 0 Å². The van der Waals surface area contributed by atoms with Crippen LogP contribution in [-0.2, 0) is 0 Å². The summed E-state index contributed by atoms with van der Waals surface area (Å²) >= 11 is 0. The molecule has 0 amide bonds. The normalized spacial score (nSPS) is 9.60. The van der Waals surface area contributed by atoms with E-state index < -0.39 is 0 Å². The van der Waals surface area contributed by atoms with Crippen LogP contribution in [0.25, 0.3) is 21.8 Å². The van der Waals surface area contributed by atoms with Crippen LogP contribution in [0.4, 0.5) is 0 Å². The maximum atomic E-state index is 4.18. The zero-order valence-corrected chi connectivity index (χ0v) is 13.8. The van der Waals surface area contributed by atoms with Gasteiger partial charge < -0.3 is 4.98 Å². The molecule has 5 rings (SSSR count). The second kappa shape index (κ2) is 8.99. The Hall–Kier alpha value is -3.46. The average molecular weight is 325 g/mol. The molecule has 122 valence electrons. The molecule has 0 radical (unpaired) electrons. The summed E-state index contributed by atoms with van der Waals surface area (Å²) in [5, 5.41) is 2.40. The van der Waals surface area contributed by atoms with Crippen LogP contribution in [0.1, 0.15) is 0 Å². The second-order valence-corrected chi connectivity index (χ2v) is 5.28. The molecule has 2 aromatic carbocycles. The third-order valence-electron chi connectivity index (χ3n) is 3.52. The van der Waals surface area contributed by atoms with Crippen molar-refractivity contribution in [2.75, 3.05) is 0 Å². The van der Waals surface area contributed by atoms with Crippen molar-refractivity contribution in [1.29, 1.82) is 0 Å². The van der Waals surface area contributed by atoms with E-state index in [1.807, 2.05) is 85.5 Å². The van der Waals surface area contributed by atoms with E-state index in [1.165, 1.54) is 10.8 Å². The van der Waals surface area contributed by atoms with Gasteiger partial charge in [0, 0.05) is 35.6 Å². The predicted octanol–water partition coefficient (Wildman–Crippen LogP) is 5.48. The Morgan fingerprint density at radius 2 is 0.920 bits per heavy atom. The molecule has 3 nitrogen and oxygen atoms in total. The molecule has 0 aliphatic heterocycles. The van der Waals surface area contributed by atoms with E-state index in [2.05, 4.69) is 39.2 Å². The van der Waals surface area contributed by atoms with Crippen LogP contribution in [0.5, 0.6) is 0 Å². The number of aromatic nitrogens is 3. The number of pyridine rings is 2. The zero-order valence-electron chi connectivity index (χ0n) is 13.8. The molecule has 0 spiro atoms. The Morgan fingerprint density at radius 1 is 0.480 bits per heavy atom. The Balaban J connectivity index is 0.000000116. The molecule has 5 aromatic rings. The highest BCUT2D eigenvalue weighted by Gasteiger charge is 1.87. The quantitative estimate of drug-likeness (QED) is 0.409. The van der Waals surface area contributed by atoms with Crippen LogP contribution in [0.3, 0.4) is 0 Å². The molecule has 0 unspecified atom stereocenters. The van der Waals surface area contributed by atoms with Crippen LogP contribution in [0.15, 0.2) is 110 Å². The lowest BCUT2D eigenvalue weighted by atomic mass is 10.2. The molecule has 0 atom stereocenters. The number of nitrogens with zero attached hydrogens (tertiary/aromatic N) is 2. The van der Waals surface area contributed by atoms with Gasteiger partial charge in [-0.1, -0.05) is 48.5 Å². The number of H-pyrrole nitrogens is 1. The summed E-state index contributed by atoms with van der Waals surface area (Å²) in [4.78, 5) is 11.2. The van der Waals surface area contributed by atoms with Crippen molar-refractivity contribution >= 4 is 21.8 Å². The highest BCUT2D eigenvalue weighted by molar-refractivity contribution is 5.78. The van der Waals surface area contributed by atoms with E-state index >= 15 is 0 Å². The first-order valence-electron chi connectivity index (χ1n) is 8.11. The van der Waals surface area contributed by atoms with E-state index in [9.17, 15) is 0 Å². The molecule has 0 aliphatic rings. The first-order chi connectivity index (χ1) is 12.4. The molecular weight excluding hydrogens is 306 g/mol. The minimum atomic E-state index is 1.06. The lowest BCUT2D eigenvalue weighted by Crippen LogP contribution is -1.73. The lowest BCUT2D eigenvalue weighted by Gasteiger charge is -1.91. The molecule has 0 saturated heterocycles. The van der Waals surface area contributed by atoms with Gasteiger partial charge in [0.15, 0.2) is 0 Å². The molecule has 0 bridgehead atoms. The van der Waals surface area contributed by atoms with E-state index in [4.69, 9.17) is 0 Å². The highest BCUT2D eigenvalue weighted by Crippen LogP contribution is 2.08. The van der Waals surface area contributed by atoms with Crippen molar-refractivity contribution in [3.8, 4) is 0 Å².